The Labute approximate surface area is 136 Å². The lowest BCUT2D eigenvalue weighted by Gasteiger charge is -2.07. The maximum Gasteiger partial charge on any atom is 0.246 e. The summed E-state index contributed by atoms with van der Waals surface area (Å²) in [4.78, 5) is 11.9. The summed E-state index contributed by atoms with van der Waals surface area (Å²) >= 11 is 11.8. The van der Waals surface area contributed by atoms with Crippen LogP contribution in [0, 0.1) is 0 Å². The van der Waals surface area contributed by atoms with Gasteiger partial charge in [-0.15, -0.1) is 5.10 Å². The van der Waals surface area contributed by atoms with Crippen LogP contribution in [0.1, 0.15) is 0 Å². The summed E-state index contributed by atoms with van der Waals surface area (Å²) in [7, 11) is -3.45. The monoisotopic (exact) mass is 363 g/mol. The Hall–Kier alpha value is -1.84. The lowest BCUT2D eigenvalue weighted by molar-refractivity contribution is -0.116. The number of sulfonamides is 1. The van der Waals surface area contributed by atoms with Crippen LogP contribution in [0.3, 0.4) is 0 Å². The molecule has 0 spiro atoms. The van der Waals surface area contributed by atoms with Gasteiger partial charge in [0.2, 0.25) is 15.9 Å². The fourth-order valence-corrected chi connectivity index (χ4v) is 2.35. The van der Waals surface area contributed by atoms with E-state index >= 15 is 0 Å². The molecule has 0 saturated carbocycles. The molecule has 2 N–H and O–H groups in total. The van der Waals surface area contributed by atoms with Crippen molar-refractivity contribution in [3.63, 3.8) is 0 Å². The molecule has 0 saturated heterocycles. The second-order valence-corrected chi connectivity index (χ2v) is 6.94. The van der Waals surface area contributed by atoms with Crippen molar-refractivity contribution in [3.05, 3.63) is 34.4 Å². The largest absolute Gasteiger partial charge is 0.323 e. The van der Waals surface area contributed by atoms with Crippen molar-refractivity contribution in [3.8, 4) is 0 Å². The van der Waals surface area contributed by atoms with E-state index in [9.17, 15) is 13.2 Å². The number of carbonyl (C=O) groups is 1. The predicted octanol–water partition coefficient (Wildman–Crippen LogP) is 1.60. The van der Waals surface area contributed by atoms with E-state index in [1.807, 2.05) is 0 Å². The van der Waals surface area contributed by atoms with Gasteiger partial charge in [0.25, 0.3) is 0 Å². The average molecular weight is 364 g/mol. The van der Waals surface area contributed by atoms with E-state index in [-0.39, 0.29) is 12.4 Å². The highest BCUT2D eigenvalue weighted by Crippen LogP contribution is 2.25. The third-order valence-electron chi connectivity index (χ3n) is 2.34. The van der Waals surface area contributed by atoms with Crippen LogP contribution < -0.4 is 10.0 Å². The molecule has 0 atom stereocenters. The molecular weight excluding hydrogens is 353 g/mol. The molecule has 2 aromatic rings. The van der Waals surface area contributed by atoms with Crippen molar-refractivity contribution in [2.75, 3.05) is 16.3 Å². The third kappa shape index (κ3) is 4.86. The van der Waals surface area contributed by atoms with Crippen LogP contribution in [0.25, 0.3) is 0 Å². The minimum atomic E-state index is -3.45. The fraction of sp³-hybridized carbons (Fsp3) is 0.182. The number of rotatable bonds is 5. The summed E-state index contributed by atoms with van der Waals surface area (Å²) in [6, 6.07) is 4.67. The number of aromatic nitrogens is 3. The van der Waals surface area contributed by atoms with Gasteiger partial charge in [0.05, 0.1) is 23.2 Å². The SMILES string of the molecule is CS(=O)(=O)Nc1cn(CC(=O)Nc2cc(Cl)ccc2Cl)nn1. The van der Waals surface area contributed by atoms with Crippen LogP contribution in [0.2, 0.25) is 10.0 Å². The molecule has 0 aliphatic carbocycles. The molecular formula is C11H11Cl2N5O3S. The predicted molar refractivity (Wildman–Crippen MR) is 83.6 cm³/mol. The van der Waals surface area contributed by atoms with E-state index in [1.165, 1.54) is 16.9 Å². The molecule has 1 heterocycles. The van der Waals surface area contributed by atoms with E-state index in [0.29, 0.717) is 15.7 Å². The number of hydrogen-bond acceptors (Lipinski definition) is 5. The summed E-state index contributed by atoms with van der Waals surface area (Å²) < 4.78 is 25.4. The Morgan fingerprint density at radius 3 is 2.77 bits per heavy atom. The molecule has 0 aliphatic rings. The zero-order chi connectivity index (χ0) is 16.3. The summed E-state index contributed by atoms with van der Waals surface area (Å²) in [6.07, 6.45) is 2.28. The van der Waals surface area contributed by atoms with Crippen LogP contribution >= 0.6 is 23.2 Å². The highest BCUT2D eigenvalue weighted by Gasteiger charge is 2.10. The highest BCUT2D eigenvalue weighted by atomic mass is 35.5. The smallest absolute Gasteiger partial charge is 0.246 e. The van der Waals surface area contributed by atoms with Crippen LogP contribution in [0.5, 0.6) is 0 Å². The van der Waals surface area contributed by atoms with Gasteiger partial charge in [0, 0.05) is 5.02 Å². The molecule has 2 rings (SSSR count). The van der Waals surface area contributed by atoms with E-state index in [2.05, 4.69) is 20.4 Å². The number of nitrogens with zero attached hydrogens (tertiary/aromatic N) is 3. The van der Waals surface area contributed by atoms with Crippen molar-refractivity contribution in [1.82, 2.24) is 15.0 Å². The lowest BCUT2D eigenvalue weighted by atomic mass is 10.3. The van der Waals surface area contributed by atoms with Gasteiger partial charge in [-0.3, -0.25) is 9.52 Å². The molecule has 8 nitrogen and oxygen atoms in total. The van der Waals surface area contributed by atoms with Gasteiger partial charge in [0.15, 0.2) is 5.82 Å². The molecule has 118 valence electrons. The van der Waals surface area contributed by atoms with Crippen LogP contribution in [0.15, 0.2) is 24.4 Å². The molecule has 0 unspecified atom stereocenters. The van der Waals surface area contributed by atoms with Crippen molar-refractivity contribution >= 4 is 50.6 Å². The topological polar surface area (TPSA) is 106 Å². The van der Waals surface area contributed by atoms with E-state index in [0.717, 1.165) is 6.26 Å². The number of amides is 1. The lowest BCUT2D eigenvalue weighted by Crippen LogP contribution is -2.19. The number of carbonyl (C=O) groups excluding carboxylic acids is 1. The first-order chi connectivity index (χ1) is 10.2. The first kappa shape index (κ1) is 16.5. The first-order valence-corrected chi connectivity index (χ1v) is 8.50. The molecule has 0 fully saturated rings. The van der Waals surface area contributed by atoms with Crippen molar-refractivity contribution in [2.24, 2.45) is 0 Å². The Kier molecular flexibility index (Phi) is 4.89. The standard InChI is InChI=1S/C11H11Cl2N5O3S/c1-22(20,21)16-10-5-18(17-15-10)6-11(19)14-9-4-7(12)2-3-8(9)13/h2-5,16H,6H2,1H3,(H,14,19). The maximum atomic E-state index is 11.9. The molecule has 0 bridgehead atoms. The van der Waals surface area contributed by atoms with Crippen LogP contribution in [0.4, 0.5) is 11.5 Å². The number of anilines is 2. The number of benzene rings is 1. The Bertz CT molecular complexity index is 806. The van der Waals surface area contributed by atoms with E-state index in [1.54, 1.807) is 12.1 Å². The van der Waals surface area contributed by atoms with Gasteiger partial charge in [-0.05, 0) is 18.2 Å². The zero-order valence-corrected chi connectivity index (χ0v) is 13.6. The minimum Gasteiger partial charge on any atom is -0.323 e. The Morgan fingerprint density at radius 2 is 2.09 bits per heavy atom. The van der Waals surface area contributed by atoms with E-state index < -0.39 is 15.9 Å². The molecule has 22 heavy (non-hydrogen) atoms. The number of hydrogen-bond donors (Lipinski definition) is 2. The van der Waals surface area contributed by atoms with Gasteiger partial charge in [-0.2, -0.15) is 0 Å². The van der Waals surface area contributed by atoms with Gasteiger partial charge < -0.3 is 5.32 Å². The normalized spacial score (nSPS) is 11.2. The van der Waals surface area contributed by atoms with Crippen LogP contribution in [-0.4, -0.2) is 35.6 Å². The number of nitrogens with one attached hydrogen (secondary N) is 2. The maximum absolute atomic E-state index is 11.9. The molecule has 0 aliphatic heterocycles. The average Bonchev–Trinajstić information content (AvgIpc) is 2.78. The van der Waals surface area contributed by atoms with Crippen molar-refractivity contribution in [2.45, 2.75) is 6.54 Å². The molecule has 1 aromatic carbocycles. The van der Waals surface area contributed by atoms with Gasteiger partial charge in [-0.1, -0.05) is 28.4 Å². The number of halogens is 2. The molecule has 1 amide bonds. The van der Waals surface area contributed by atoms with Crippen molar-refractivity contribution in [1.29, 1.82) is 0 Å². The highest BCUT2D eigenvalue weighted by molar-refractivity contribution is 7.92. The quantitative estimate of drug-likeness (QED) is 0.838. The minimum absolute atomic E-state index is 0.0242. The summed E-state index contributed by atoms with van der Waals surface area (Å²) in [5.74, 6) is -0.393. The molecule has 11 heteroatoms. The Morgan fingerprint density at radius 1 is 1.36 bits per heavy atom. The first-order valence-electron chi connectivity index (χ1n) is 5.86. The molecule has 1 aromatic heterocycles. The zero-order valence-electron chi connectivity index (χ0n) is 11.2. The summed E-state index contributed by atoms with van der Waals surface area (Å²) in [6.45, 7) is -0.165. The Balaban J connectivity index is 2.02. The second kappa shape index (κ2) is 6.51. The second-order valence-electron chi connectivity index (χ2n) is 4.35. The summed E-state index contributed by atoms with van der Waals surface area (Å²) in [5.41, 5.74) is 0.369. The summed E-state index contributed by atoms with van der Waals surface area (Å²) in [5, 5.41) is 10.6. The van der Waals surface area contributed by atoms with E-state index in [4.69, 9.17) is 23.2 Å². The fourth-order valence-electron chi connectivity index (χ4n) is 1.54. The third-order valence-corrected chi connectivity index (χ3v) is 3.48. The van der Waals surface area contributed by atoms with Gasteiger partial charge >= 0.3 is 0 Å². The van der Waals surface area contributed by atoms with Gasteiger partial charge in [-0.25, -0.2) is 13.1 Å². The van der Waals surface area contributed by atoms with Crippen LogP contribution in [-0.2, 0) is 21.4 Å². The van der Waals surface area contributed by atoms with Gasteiger partial charge in [0.1, 0.15) is 6.54 Å². The van der Waals surface area contributed by atoms with Crippen molar-refractivity contribution < 1.29 is 13.2 Å². The molecule has 0 radical (unpaired) electrons.